The van der Waals surface area contributed by atoms with E-state index >= 15 is 0 Å². The zero-order valence-electron chi connectivity index (χ0n) is 9.96. The summed E-state index contributed by atoms with van der Waals surface area (Å²) in [7, 11) is 0. The fourth-order valence-corrected chi connectivity index (χ4v) is 1.58. The van der Waals surface area contributed by atoms with E-state index in [0.29, 0.717) is 11.8 Å². The molecule has 4 nitrogen and oxygen atoms in total. The van der Waals surface area contributed by atoms with Crippen molar-refractivity contribution in [1.29, 1.82) is 0 Å². The second kappa shape index (κ2) is 5.32. The van der Waals surface area contributed by atoms with E-state index < -0.39 is 29.0 Å². The Morgan fingerprint density at radius 2 is 2.10 bits per heavy atom. The number of alkyl halides is 3. The molecule has 0 saturated carbocycles. The lowest BCUT2D eigenvalue weighted by Crippen LogP contribution is -2.25. The Morgan fingerprint density at radius 1 is 1.35 bits per heavy atom. The molecule has 2 rings (SSSR count). The van der Waals surface area contributed by atoms with Crippen LogP contribution < -0.4 is 5.32 Å². The lowest BCUT2D eigenvalue weighted by molar-refractivity contribution is -0.140. The molecule has 0 fully saturated rings. The summed E-state index contributed by atoms with van der Waals surface area (Å²) in [4.78, 5) is 18.1. The van der Waals surface area contributed by atoms with Gasteiger partial charge in [-0.05, 0) is 12.1 Å². The first-order valence-corrected chi connectivity index (χ1v) is 5.50. The molecule has 0 spiro atoms. The molecule has 0 aliphatic heterocycles. The third-order valence-electron chi connectivity index (χ3n) is 2.54. The summed E-state index contributed by atoms with van der Waals surface area (Å²) in [6.45, 7) is 0.00845. The highest BCUT2D eigenvalue weighted by molar-refractivity contribution is 5.94. The van der Waals surface area contributed by atoms with Crippen molar-refractivity contribution in [1.82, 2.24) is 15.3 Å². The van der Waals surface area contributed by atoms with Crippen LogP contribution in [0.4, 0.5) is 17.6 Å². The summed E-state index contributed by atoms with van der Waals surface area (Å²) in [5.41, 5.74) is -1.57. The molecule has 1 aromatic carbocycles. The Balaban J connectivity index is 2.18. The van der Waals surface area contributed by atoms with Crippen LogP contribution in [0.1, 0.15) is 21.6 Å². The summed E-state index contributed by atoms with van der Waals surface area (Å²) in [5.74, 6) is -2.51. The molecule has 106 valence electrons. The topological polar surface area (TPSA) is 57.8 Å². The molecule has 0 bridgehead atoms. The number of nitrogens with one attached hydrogen (secondary N) is 2. The van der Waals surface area contributed by atoms with E-state index in [-0.39, 0.29) is 6.54 Å². The molecule has 1 amide bonds. The normalized spacial score (nSPS) is 11.4. The van der Waals surface area contributed by atoms with Crippen LogP contribution in [0, 0.1) is 5.82 Å². The molecule has 1 heterocycles. The average Bonchev–Trinajstić information content (AvgIpc) is 2.88. The average molecular weight is 287 g/mol. The molecule has 2 N–H and O–H groups in total. The molecule has 0 aliphatic carbocycles. The summed E-state index contributed by atoms with van der Waals surface area (Å²) < 4.78 is 51.2. The van der Waals surface area contributed by atoms with Gasteiger partial charge in [0.1, 0.15) is 5.82 Å². The minimum atomic E-state index is -4.84. The summed E-state index contributed by atoms with van der Waals surface area (Å²) >= 11 is 0. The number of amides is 1. The molecule has 2 aromatic rings. The van der Waals surface area contributed by atoms with Gasteiger partial charge in [-0.15, -0.1) is 0 Å². The van der Waals surface area contributed by atoms with Crippen molar-refractivity contribution in [2.45, 2.75) is 12.7 Å². The first-order valence-electron chi connectivity index (χ1n) is 5.50. The van der Waals surface area contributed by atoms with Crippen molar-refractivity contribution < 1.29 is 22.4 Å². The Morgan fingerprint density at radius 3 is 2.70 bits per heavy atom. The van der Waals surface area contributed by atoms with Crippen LogP contribution >= 0.6 is 0 Å². The maximum atomic E-state index is 13.7. The number of hydrogen-bond acceptors (Lipinski definition) is 2. The summed E-state index contributed by atoms with van der Waals surface area (Å²) in [6, 6.07) is 2.56. The first-order chi connectivity index (χ1) is 9.39. The Labute approximate surface area is 110 Å². The second-order valence-electron chi connectivity index (χ2n) is 3.92. The second-order valence-corrected chi connectivity index (χ2v) is 3.92. The number of nitrogens with zero attached hydrogens (tertiary/aromatic N) is 1. The first kappa shape index (κ1) is 14.0. The molecule has 0 unspecified atom stereocenters. The number of carbonyl (C=O) groups is 1. The monoisotopic (exact) mass is 287 g/mol. The number of H-pyrrole nitrogens is 1. The quantitative estimate of drug-likeness (QED) is 0.852. The third kappa shape index (κ3) is 2.95. The van der Waals surface area contributed by atoms with E-state index in [1.54, 1.807) is 0 Å². The van der Waals surface area contributed by atoms with Crippen molar-refractivity contribution in [3.63, 3.8) is 0 Å². The zero-order valence-corrected chi connectivity index (χ0v) is 9.96. The van der Waals surface area contributed by atoms with Gasteiger partial charge in [0.25, 0.3) is 5.91 Å². The summed E-state index contributed by atoms with van der Waals surface area (Å²) in [5, 5.41) is 2.30. The number of aromatic nitrogens is 2. The zero-order chi connectivity index (χ0) is 14.8. The van der Waals surface area contributed by atoms with Gasteiger partial charge < -0.3 is 10.3 Å². The van der Waals surface area contributed by atoms with Crippen LogP contribution in [0.25, 0.3) is 0 Å². The smallest absolute Gasteiger partial charge is 0.347 e. The number of imidazole rings is 1. The van der Waals surface area contributed by atoms with Crippen LogP contribution in [0.5, 0.6) is 0 Å². The maximum Gasteiger partial charge on any atom is 0.419 e. The Hall–Kier alpha value is -2.38. The molecule has 20 heavy (non-hydrogen) atoms. The number of aromatic amines is 1. The number of hydrogen-bond donors (Lipinski definition) is 2. The minimum absolute atomic E-state index is 0.00845. The van der Waals surface area contributed by atoms with Crippen molar-refractivity contribution in [3.05, 3.63) is 53.4 Å². The molecule has 0 radical (unpaired) electrons. The SMILES string of the molecule is O=C(NCc1cnc[nH]1)c1cccc(C(F)(F)F)c1F. The molecule has 0 saturated heterocycles. The van der Waals surface area contributed by atoms with Crippen LogP contribution in [-0.2, 0) is 12.7 Å². The lowest BCUT2D eigenvalue weighted by atomic mass is 10.1. The fraction of sp³-hybridized carbons (Fsp3) is 0.167. The van der Waals surface area contributed by atoms with E-state index in [2.05, 4.69) is 15.3 Å². The number of benzene rings is 1. The van der Waals surface area contributed by atoms with E-state index in [1.165, 1.54) is 12.5 Å². The van der Waals surface area contributed by atoms with E-state index in [0.717, 1.165) is 12.1 Å². The van der Waals surface area contributed by atoms with Gasteiger partial charge in [0.05, 0.1) is 29.7 Å². The molecular formula is C12H9F4N3O. The molecule has 1 aromatic heterocycles. The van der Waals surface area contributed by atoms with Crippen LogP contribution in [0.2, 0.25) is 0 Å². The van der Waals surface area contributed by atoms with Crippen molar-refractivity contribution in [2.75, 3.05) is 0 Å². The van der Waals surface area contributed by atoms with Gasteiger partial charge in [0.2, 0.25) is 0 Å². The highest BCUT2D eigenvalue weighted by Gasteiger charge is 2.35. The Kier molecular flexibility index (Phi) is 3.73. The number of halogens is 4. The fourth-order valence-electron chi connectivity index (χ4n) is 1.58. The third-order valence-corrected chi connectivity index (χ3v) is 2.54. The number of carbonyl (C=O) groups excluding carboxylic acids is 1. The predicted molar refractivity (Wildman–Crippen MR) is 61.2 cm³/mol. The van der Waals surface area contributed by atoms with Gasteiger partial charge in [-0.2, -0.15) is 13.2 Å². The minimum Gasteiger partial charge on any atom is -0.347 e. The van der Waals surface area contributed by atoms with Crippen LogP contribution in [0.3, 0.4) is 0 Å². The molecule has 0 aliphatic rings. The molecule has 0 atom stereocenters. The number of rotatable bonds is 3. The largest absolute Gasteiger partial charge is 0.419 e. The predicted octanol–water partition coefficient (Wildman–Crippen LogP) is 2.50. The van der Waals surface area contributed by atoms with Gasteiger partial charge in [-0.1, -0.05) is 6.07 Å². The molecule has 8 heteroatoms. The highest BCUT2D eigenvalue weighted by atomic mass is 19.4. The lowest BCUT2D eigenvalue weighted by Gasteiger charge is -2.11. The van der Waals surface area contributed by atoms with Gasteiger partial charge >= 0.3 is 6.18 Å². The molecular weight excluding hydrogens is 278 g/mol. The van der Waals surface area contributed by atoms with Gasteiger partial charge in [0, 0.05) is 6.20 Å². The van der Waals surface area contributed by atoms with Gasteiger partial charge in [-0.3, -0.25) is 4.79 Å². The van der Waals surface area contributed by atoms with Crippen LogP contribution in [0.15, 0.2) is 30.7 Å². The highest BCUT2D eigenvalue weighted by Crippen LogP contribution is 2.32. The van der Waals surface area contributed by atoms with Crippen molar-refractivity contribution in [3.8, 4) is 0 Å². The van der Waals surface area contributed by atoms with E-state index in [1.807, 2.05) is 0 Å². The Bertz CT molecular complexity index is 608. The van der Waals surface area contributed by atoms with Crippen LogP contribution in [-0.4, -0.2) is 15.9 Å². The van der Waals surface area contributed by atoms with Gasteiger partial charge in [0.15, 0.2) is 0 Å². The van der Waals surface area contributed by atoms with E-state index in [9.17, 15) is 22.4 Å². The maximum absolute atomic E-state index is 13.7. The summed E-state index contributed by atoms with van der Waals surface area (Å²) in [6.07, 6.45) is -2.03. The van der Waals surface area contributed by atoms with Crippen molar-refractivity contribution in [2.24, 2.45) is 0 Å². The van der Waals surface area contributed by atoms with Crippen molar-refractivity contribution >= 4 is 5.91 Å². The van der Waals surface area contributed by atoms with E-state index in [4.69, 9.17) is 0 Å². The standard InChI is InChI=1S/C12H9F4N3O/c13-10-8(2-1-3-9(10)12(14,15)16)11(20)18-5-7-4-17-6-19-7/h1-4,6H,5H2,(H,17,19)(H,18,20). The van der Waals surface area contributed by atoms with Gasteiger partial charge in [-0.25, -0.2) is 9.37 Å².